The second kappa shape index (κ2) is 3.88. The molecule has 0 bridgehead atoms. The van der Waals surface area contributed by atoms with Gasteiger partial charge in [-0.25, -0.2) is 8.78 Å². The third kappa shape index (κ3) is 1.98. The van der Waals surface area contributed by atoms with Crippen LogP contribution in [0.4, 0.5) is 8.78 Å². The number of hydrogen-bond acceptors (Lipinski definition) is 2. The summed E-state index contributed by atoms with van der Waals surface area (Å²) in [4.78, 5) is 23.8. The normalized spacial score (nSPS) is 10.6. The van der Waals surface area contributed by atoms with Crippen LogP contribution in [0.1, 0.15) is 28.0 Å². The molecule has 0 aliphatic rings. The van der Waals surface area contributed by atoms with Crippen LogP contribution in [0.15, 0.2) is 10.9 Å². The molecule has 0 aliphatic heterocycles. The number of alkyl halides is 2. The van der Waals surface area contributed by atoms with Crippen LogP contribution >= 0.6 is 11.6 Å². The van der Waals surface area contributed by atoms with E-state index in [1.54, 1.807) is 0 Å². The second-order valence-corrected chi connectivity index (χ2v) is 3.01. The summed E-state index contributed by atoms with van der Waals surface area (Å²) in [7, 11) is 0. The van der Waals surface area contributed by atoms with Crippen molar-refractivity contribution in [2.45, 2.75) is 13.3 Å². The lowest BCUT2D eigenvalue weighted by Gasteiger charge is -2.03. The van der Waals surface area contributed by atoms with Crippen LogP contribution in [-0.4, -0.2) is 10.2 Å². The molecule has 14 heavy (non-hydrogen) atoms. The zero-order chi connectivity index (χ0) is 10.9. The fraction of sp³-hybridized carbons (Fsp3) is 0.250. The number of aromatic nitrogens is 1. The van der Waals surface area contributed by atoms with Gasteiger partial charge in [-0.05, 0) is 24.6 Å². The maximum Gasteiger partial charge on any atom is 0.278 e. The summed E-state index contributed by atoms with van der Waals surface area (Å²) >= 11 is 5.12. The fourth-order valence-electron chi connectivity index (χ4n) is 0.969. The average Bonchev–Trinajstić information content (AvgIpc) is 2.08. The Morgan fingerprint density at radius 3 is 2.57 bits per heavy atom. The van der Waals surface area contributed by atoms with Crippen molar-refractivity contribution in [1.29, 1.82) is 0 Å². The molecule has 1 rings (SSSR count). The van der Waals surface area contributed by atoms with Crippen molar-refractivity contribution in [2.75, 3.05) is 0 Å². The minimum Gasteiger partial charge on any atom is -0.321 e. The number of nitrogens with one attached hydrogen (secondary N) is 1. The van der Waals surface area contributed by atoms with Crippen LogP contribution in [0.3, 0.4) is 0 Å². The first kappa shape index (κ1) is 10.8. The molecular formula is C8H6ClF2NO2. The van der Waals surface area contributed by atoms with Crippen LogP contribution in [-0.2, 0) is 0 Å². The van der Waals surface area contributed by atoms with Gasteiger partial charge in [0, 0.05) is 11.1 Å². The van der Waals surface area contributed by atoms with Gasteiger partial charge in [-0.2, -0.15) is 0 Å². The highest BCUT2D eigenvalue weighted by Gasteiger charge is 2.15. The molecule has 0 aromatic carbocycles. The van der Waals surface area contributed by atoms with E-state index in [0.29, 0.717) is 0 Å². The zero-order valence-corrected chi connectivity index (χ0v) is 7.86. The van der Waals surface area contributed by atoms with E-state index in [4.69, 9.17) is 11.6 Å². The molecule has 0 saturated heterocycles. The van der Waals surface area contributed by atoms with Gasteiger partial charge in [0.15, 0.2) is 0 Å². The van der Waals surface area contributed by atoms with Crippen LogP contribution < -0.4 is 5.56 Å². The molecule has 0 radical (unpaired) electrons. The van der Waals surface area contributed by atoms with E-state index in [0.717, 1.165) is 6.07 Å². The Hall–Kier alpha value is -1.23. The van der Waals surface area contributed by atoms with E-state index < -0.39 is 22.9 Å². The van der Waals surface area contributed by atoms with Gasteiger partial charge in [0.1, 0.15) is 0 Å². The molecule has 3 nitrogen and oxygen atoms in total. The lowest BCUT2D eigenvalue weighted by atomic mass is 10.1. The van der Waals surface area contributed by atoms with Gasteiger partial charge in [0.05, 0.1) is 5.69 Å². The molecular weight excluding hydrogens is 216 g/mol. The Balaban J connectivity index is 3.43. The van der Waals surface area contributed by atoms with Crippen LogP contribution in [0, 0.1) is 6.92 Å². The van der Waals surface area contributed by atoms with E-state index in [1.165, 1.54) is 6.92 Å². The van der Waals surface area contributed by atoms with Crippen molar-refractivity contribution in [3.05, 3.63) is 33.2 Å². The first-order chi connectivity index (χ1) is 6.43. The maximum absolute atomic E-state index is 12.2. The van der Waals surface area contributed by atoms with Gasteiger partial charge in [-0.15, -0.1) is 0 Å². The molecule has 1 heterocycles. The predicted octanol–water partition coefficient (Wildman–Crippen LogP) is 2.00. The standard InChI is InChI=1S/C8H6ClF2NO2/c1-3-4(6(9)13)2-5(7(10)11)12-8(3)14/h2,7H,1H3,(H,12,14). The minimum absolute atomic E-state index is 0.0365. The number of aromatic amines is 1. The van der Waals surface area contributed by atoms with Crippen molar-refractivity contribution in [1.82, 2.24) is 4.98 Å². The van der Waals surface area contributed by atoms with Crippen molar-refractivity contribution in [3.8, 4) is 0 Å². The lowest BCUT2D eigenvalue weighted by Crippen LogP contribution is -2.16. The fourth-order valence-corrected chi connectivity index (χ4v) is 1.16. The first-order valence-corrected chi connectivity index (χ1v) is 4.03. The molecule has 1 aromatic heterocycles. The third-order valence-electron chi connectivity index (χ3n) is 1.75. The zero-order valence-electron chi connectivity index (χ0n) is 7.11. The molecule has 0 saturated carbocycles. The second-order valence-electron chi connectivity index (χ2n) is 2.67. The summed E-state index contributed by atoms with van der Waals surface area (Å²) in [6.45, 7) is 1.34. The molecule has 0 spiro atoms. The van der Waals surface area contributed by atoms with Gasteiger partial charge in [-0.1, -0.05) is 0 Å². The molecule has 1 N–H and O–H groups in total. The van der Waals surface area contributed by atoms with Crippen LogP contribution in [0.2, 0.25) is 0 Å². The summed E-state index contributed by atoms with van der Waals surface area (Å²) in [5.74, 6) is 0. The molecule has 6 heteroatoms. The molecule has 0 atom stereocenters. The number of halogens is 3. The number of rotatable bonds is 2. The van der Waals surface area contributed by atoms with E-state index >= 15 is 0 Å². The summed E-state index contributed by atoms with van der Waals surface area (Å²) in [6, 6.07) is 0.886. The Morgan fingerprint density at radius 2 is 2.14 bits per heavy atom. The largest absolute Gasteiger partial charge is 0.321 e. The lowest BCUT2D eigenvalue weighted by molar-refractivity contribution is 0.107. The highest BCUT2D eigenvalue weighted by Crippen LogP contribution is 2.17. The van der Waals surface area contributed by atoms with Crippen LogP contribution in [0.25, 0.3) is 0 Å². The van der Waals surface area contributed by atoms with E-state index in [1.807, 2.05) is 4.98 Å². The monoisotopic (exact) mass is 221 g/mol. The topological polar surface area (TPSA) is 49.9 Å². The average molecular weight is 222 g/mol. The number of hydrogen-bond donors (Lipinski definition) is 1. The van der Waals surface area contributed by atoms with Crippen molar-refractivity contribution in [2.24, 2.45) is 0 Å². The molecule has 76 valence electrons. The predicted molar refractivity (Wildman–Crippen MR) is 46.9 cm³/mol. The van der Waals surface area contributed by atoms with Gasteiger partial charge in [-0.3, -0.25) is 9.59 Å². The summed E-state index contributed by atoms with van der Waals surface area (Å²) in [5.41, 5.74) is -1.49. The van der Waals surface area contributed by atoms with Gasteiger partial charge < -0.3 is 4.98 Å². The molecule has 0 unspecified atom stereocenters. The molecule has 0 amide bonds. The summed E-state index contributed by atoms with van der Waals surface area (Å²) < 4.78 is 24.4. The Bertz CT molecular complexity index is 428. The van der Waals surface area contributed by atoms with Gasteiger partial charge in [0.25, 0.3) is 17.2 Å². The maximum atomic E-state index is 12.2. The number of carbonyl (C=O) groups is 1. The highest BCUT2D eigenvalue weighted by atomic mass is 35.5. The quantitative estimate of drug-likeness (QED) is 0.777. The molecule has 1 aromatic rings. The van der Waals surface area contributed by atoms with E-state index in [9.17, 15) is 18.4 Å². The van der Waals surface area contributed by atoms with Crippen molar-refractivity contribution < 1.29 is 13.6 Å². The van der Waals surface area contributed by atoms with Gasteiger partial charge >= 0.3 is 0 Å². The summed E-state index contributed by atoms with van der Waals surface area (Å²) in [5, 5.41) is -0.921. The third-order valence-corrected chi connectivity index (χ3v) is 1.95. The highest BCUT2D eigenvalue weighted by molar-refractivity contribution is 6.67. The Kier molecular flexibility index (Phi) is 3.00. The number of pyridine rings is 1. The number of carbonyl (C=O) groups excluding carboxylic acids is 1. The summed E-state index contributed by atoms with van der Waals surface area (Å²) in [6.07, 6.45) is -2.84. The van der Waals surface area contributed by atoms with Crippen molar-refractivity contribution in [3.63, 3.8) is 0 Å². The minimum atomic E-state index is -2.84. The van der Waals surface area contributed by atoms with Crippen molar-refractivity contribution >= 4 is 16.8 Å². The smallest absolute Gasteiger partial charge is 0.278 e. The molecule has 0 fully saturated rings. The first-order valence-electron chi connectivity index (χ1n) is 3.65. The molecule has 0 aliphatic carbocycles. The Morgan fingerprint density at radius 1 is 1.57 bits per heavy atom. The number of H-pyrrole nitrogens is 1. The Labute approximate surface area is 82.7 Å². The van der Waals surface area contributed by atoms with Gasteiger partial charge in [0.2, 0.25) is 0 Å². The van der Waals surface area contributed by atoms with E-state index in [2.05, 4.69) is 0 Å². The van der Waals surface area contributed by atoms with E-state index in [-0.39, 0.29) is 11.1 Å². The SMILES string of the molecule is Cc1c(C(=O)Cl)cc(C(F)F)[nH]c1=O. The van der Waals surface area contributed by atoms with Crippen LogP contribution in [0.5, 0.6) is 0 Å².